The van der Waals surface area contributed by atoms with Gasteiger partial charge in [-0.15, -0.1) is 0 Å². The number of carbonyl (C=O) groups excluding carboxylic acids is 2. The zero-order valence-corrected chi connectivity index (χ0v) is 12.8. The Morgan fingerprint density at radius 2 is 1.17 bits per heavy atom. The van der Waals surface area contributed by atoms with E-state index in [2.05, 4.69) is 10.6 Å². The van der Waals surface area contributed by atoms with E-state index in [1.54, 1.807) is 12.1 Å². The summed E-state index contributed by atoms with van der Waals surface area (Å²) < 4.78 is 0. The SMILES string of the molecule is O=C1NC(c2ccc(Cl)cc2)C2=C1C(c1ccccc1)NC2=O. The monoisotopic (exact) mass is 324 g/mol. The first kappa shape index (κ1) is 14.0. The predicted octanol–water partition coefficient (Wildman–Crippen LogP) is 2.68. The first-order chi connectivity index (χ1) is 11.1. The number of halogens is 1. The van der Waals surface area contributed by atoms with Crippen LogP contribution in [0.1, 0.15) is 23.2 Å². The van der Waals surface area contributed by atoms with Crippen LogP contribution in [-0.2, 0) is 9.59 Å². The Bertz CT molecular complexity index is 826. The van der Waals surface area contributed by atoms with Gasteiger partial charge >= 0.3 is 0 Å². The molecule has 2 unspecified atom stereocenters. The lowest BCUT2D eigenvalue weighted by Crippen LogP contribution is -2.33. The van der Waals surface area contributed by atoms with E-state index in [-0.39, 0.29) is 11.8 Å². The summed E-state index contributed by atoms with van der Waals surface area (Å²) in [5.41, 5.74) is 2.77. The van der Waals surface area contributed by atoms with Crippen molar-refractivity contribution < 1.29 is 9.59 Å². The quantitative estimate of drug-likeness (QED) is 0.892. The molecule has 2 aliphatic rings. The molecule has 23 heavy (non-hydrogen) atoms. The van der Waals surface area contributed by atoms with Crippen LogP contribution in [0.4, 0.5) is 0 Å². The number of amides is 2. The van der Waals surface area contributed by atoms with Crippen LogP contribution in [0, 0.1) is 0 Å². The van der Waals surface area contributed by atoms with Crippen LogP contribution in [0.5, 0.6) is 0 Å². The molecule has 4 nitrogen and oxygen atoms in total. The number of hydrogen-bond acceptors (Lipinski definition) is 2. The highest BCUT2D eigenvalue weighted by Gasteiger charge is 2.45. The molecule has 2 aliphatic heterocycles. The molecule has 0 aromatic heterocycles. The van der Waals surface area contributed by atoms with E-state index in [0.29, 0.717) is 16.2 Å². The maximum Gasteiger partial charge on any atom is 0.250 e. The highest BCUT2D eigenvalue weighted by Crippen LogP contribution is 2.40. The molecule has 2 amide bonds. The van der Waals surface area contributed by atoms with Gasteiger partial charge in [0.15, 0.2) is 0 Å². The van der Waals surface area contributed by atoms with Crippen molar-refractivity contribution in [1.29, 1.82) is 0 Å². The Balaban J connectivity index is 1.78. The summed E-state index contributed by atoms with van der Waals surface area (Å²) in [6.45, 7) is 0. The molecule has 0 bridgehead atoms. The van der Waals surface area contributed by atoms with Gasteiger partial charge in [0.1, 0.15) is 0 Å². The Morgan fingerprint density at radius 1 is 0.696 bits per heavy atom. The Kier molecular flexibility index (Phi) is 3.20. The van der Waals surface area contributed by atoms with Gasteiger partial charge in [0.05, 0.1) is 23.2 Å². The summed E-state index contributed by atoms with van der Waals surface area (Å²) in [4.78, 5) is 24.9. The molecule has 0 spiro atoms. The minimum atomic E-state index is -0.427. The minimum Gasteiger partial charge on any atom is -0.341 e. The topological polar surface area (TPSA) is 58.2 Å². The van der Waals surface area contributed by atoms with Gasteiger partial charge in [-0.25, -0.2) is 0 Å². The summed E-state index contributed by atoms with van der Waals surface area (Å²) in [7, 11) is 0. The van der Waals surface area contributed by atoms with Crippen molar-refractivity contribution in [2.75, 3.05) is 0 Å². The molecular weight excluding hydrogens is 312 g/mol. The van der Waals surface area contributed by atoms with Crippen LogP contribution < -0.4 is 10.6 Å². The Morgan fingerprint density at radius 3 is 1.70 bits per heavy atom. The number of rotatable bonds is 2. The maximum atomic E-state index is 12.4. The van der Waals surface area contributed by atoms with E-state index < -0.39 is 12.1 Å². The largest absolute Gasteiger partial charge is 0.341 e. The highest BCUT2D eigenvalue weighted by molar-refractivity contribution is 6.30. The second-order valence-corrected chi connectivity index (χ2v) is 6.04. The molecule has 2 aromatic carbocycles. The number of nitrogens with one attached hydrogen (secondary N) is 2. The van der Waals surface area contributed by atoms with Crippen LogP contribution in [0.2, 0.25) is 5.02 Å². The third kappa shape index (κ3) is 2.23. The Hall–Kier alpha value is -2.59. The van der Waals surface area contributed by atoms with Crippen molar-refractivity contribution in [3.63, 3.8) is 0 Å². The number of hydrogen-bond donors (Lipinski definition) is 2. The maximum absolute atomic E-state index is 12.4. The molecule has 114 valence electrons. The van der Waals surface area contributed by atoms with Crippen LogP contribution in [0.25, 0.3) is 0 Å². The third-order valence-corrected chi connectivity index (χ3v) is 4.50. The normalized spacial score (nSPS) is 22.8. The fourth-order valence-electron chi connectivity index (χ4n) is 3.18. The van der Waals surface area contributed by atoms with Crippen LogP contribution in [0.3, 0.4) is 0 Å². The van der Waals surface area contributed by atoms with Crippen LogP contribution in [-0.4, -0.2) is 11.8 Å². The first-order valence-electron chi connectivity index (χ1n) is 7.31. The lowest BCUT2D eigenvalue weighted by molar-refractivity contribution is -0.118. The molecule has 0 fully saturated rings. The predicted molar refractivity (Wildman–Crippen MR) is 86.7 cm³/mol. The van der Waals surface area contributed by atoms with E-state index in [0.717, 1.165) is 11.1 Å². The van der Waals surface area contributed by atoms with Gasteiger partial charge in [-0.3, -0.25) is 9.59 Å². The zero-order valence-electron chi connectivity index (χ0n) is 12.0. The smallest absolute Gasteiger partial charge is 0.250 e. The van der Waals surface area contributed by atoms with Gasteiger partial charge in [0.25, 0.3) is 11.8 Å². The van der Waals surface area contributed by atoms with E-state index in [1.807, 2.05) is 42.5 Å². The number of carbonyl (C=O) groups is 2. The summed E-state index contributed by atoms with van der Waals surface area (Å²) in [5.74, 6) is -0.403. The van der Waals surface area contributed by atoms with Gasteiger partial charge in [0, 0.05) is 5.02 Å². The Labute approximate surface area is 138 Å². The van der Waals surface area contributed by atoms with Gasteiger partial charge in [-0.1, -0.05) is 54.1 Å². The highest BCUT2D eigenvalue weighted by atomic mass is 35.5. The van der Waals surface area contributed by atoms with Gasteiger partial charge in [-0.05, 0) is 23.3 Å². The van der Waals surface area contributed by atoms with Crippen LogP contribution in [0.15, 0.2) is 65.7 Å². The van der Waals surface area contributed by atoms with Gasteiger partial charge in [-0.2, -0.15) is 0 Å². The minimum absolute atomic E-state index is 0.202. The van der Waals surface area contributed by atoms with E-state index >= 15 is 0 Å². The third-order valence-electron chi connectivity index (χ3n) is 4.24. The van der Waals surface area contributed by atoms with E-state index in [4.69, 9.17) is 11.6 Å². The lowest BCUT2D eigenvalue weighted by atomic mass is 9.95. The molecule has 2 heterocycles. The second-order valence-electron chi connectivity index (χ2n) is 5.60. The first-order valence-corrected chi connectivity index (χ1v) is 7.69. The molecule has 0 aliphatic carbocycles. The van der Waals surface area contributed by atoms with Crippen molar-refractivity contribution in [3.8, 4) is 0 Å². The van der Waals surface area contributed by atoms with E-state index in [9.17, 15) is 9.59 Å². The summed E-state index contributed by atoms with van der Waals surface area (Å²) >= 11 is 5.91. The fraction of sp³-hybridized carbons (Fsp3) is 0.111. The molecular formula is C18H13ClN2O2. The molecule has 2 N–H and O–H groups in total. The van der Waals surface area contributed by atoms with Crippen molar-refractivity contribution in [3.05, 3.63) is 81.9 Å². The summed E-state index contributed by atoms with van der Waals surface area (Å²) in [5, 5.41) is 6.43. The summed E-state index contributed by atoms with van der Waals surface area (Å²) in [6.07, 6.45) is 0. The molecule has 0 saturated carbocycles. The molecule has 2 atom stereocenters. The molecule has 0 saturated heterocycles. The average Bonchev–Trinajstić information content (AvgIpc) is 3.09. The van der Waals surface area contributed by atoms with Gasteiger partial charge in [0.2, 0.25) is 0 Å². The second kappa shape index (κ2) is 5.25. The molecule has 2 aromatic rings. The molecule has 0 radical (unpaired) electrons. The van der Waals surface area contributed by atoms with Crippen molar-refractivity contribution in [2.24, 2.45) is 0 Å². The fourth-order valence-corrected chi connectivity index (χ4v) is 3.31. The number of benzene rings is 2. The van der Waals surface area contributed by atoms with Crippen molar-refractivity contribution in [2.45, 2.75) is 12.1 Å². The zero-order chi connectivity index (χ0) is 16.0. The van der Waals surface area contributed by atoms with Crippen LogP contribution >= 0.6 is 11.6 Å². The standard InChI is InChI=1S/C18H13ClN2O2/c19-12-8-6-11(7-9-12)16-14-13(17(22)21-16)15(20-18(14)23)10-4-2-1-3-5-10/h1-9,15-16H,(H,20,23)(H,21,22). The molecule has 4 rings (SSSR count). The lowest BCUT2D eigenvalue weighted by Gasteiger charge is -2.17. The van der Waals surface area contributed by atoms with Gasteiger partial charge < -0.3 is 10.6 Å². The van der Waals surface area contributed by atoms with Crippen molar-refractivity contribution in [1.82, 2.24) is 10.6 Å². The van der Waals surface area contributed by atoms with E-state index in [1.165, 1.54) is 0 Å². The summed E-state index contributed by atoms with van der Waals surface area (Å²) in [6, 6.07) is 15.8. The van der Waals surface area contributed by atoms with Crippen molar-refractivity contribution >= 4 is 23.4 Å². The molecule has 5 heteroatoms. The average molecular weight is 325 g/mol.